The molecule has 0 bridgehead atoms. The van der Waals surface area contributed by atoms with E-state index in [1.807, 2.05) is 29.3 Å². The standard InChI is InChI=1S/C15H26B8N2O3/c1-27-8-2-3-10-9(5-8)7(6-24-10)4-11(26)25-12(16,17)14(20,21)28-15(22,23)13(25,18)19/h2-3,5-6,24H,4,16-23H2,1H3. The maximum Gasteiger partial charge on any atom is 0.225 e. The number of aromatic amines is 1. The van der Waals surface area contributed by atoms with E-state index in [9.17, 15) is 4.79 Å². The Morgan fingerprint density at radius 3 is 2.18 bits per heavy atom. The summed E-state index contributed by atoms with van der Waals surface area (Å²) in [7, 11) is 18.3. The number of aromatic nitrogens is 1. The average molecular weight is 369 g/mol. The van der Waals surface area contributed by atoms with Crippen molar-refractivity contribution in [1.82, 2.24) is 9.88 Å². The SMILES string of the molecule is BC1(B)OC(B)(B)C(B)(B)N(C(=O)Cc2c[nH]c3ccc(OC)cc23)C1(B)B. The molecular weight excluding hydrogens is 343 g/mol. The van der Waals surface area contributed by atoms with Gasteiger partial charge in [0.2, 0.25) is 5.91 Å². The highest BCUT2D eigenvalue weighted by Gasteiger charge is 2.59. The lowest BCUT2D eigenvalue weighted by Crippen LogP contribution is -2.86. The number of hydrogen-bond donors (Lipinski definition) is 1. The van der Waals surface area contributed by atoms with Gasteiger partial charge in [0.1, 0.15) is 68.5 Å². The zero-order chi connectivity index (χ0) is 21.1. The first-order chi connectivity index (χ1) is 12.7. The summed E-state index contributed by atoms with van der Waals surface area (Å²) < 4.78 is 11.9. The summed E-state index contributed by atoms with van der Waals surface area (Å²) in [5.74, 6) is 0.887. The molecule has 13 heteroatoms. The molecule has 2 heterocycles. The van der Waals surface area contributed by atoms with Gasteiger partial charge >= 0.3 is 0 Å². The lowest BCUT2D eigenvalue weighted by molar-refractivity contribution is -0.156. The van der Waals surface area contributed by atoms with Gasteiger partial charge in [-0.2, -0.15) is 0 Å². The molecule has 1 amide bonds. The van der Waals surface area contributed by atoms with Crippen molar-refractivity contribution in [3.05, 3.63) is 30.0 Å². The quantitative estimate of drug-likeness (QED) is 0.548. The van der Waals surface area contributed by atoms with Crippen LogP contribution < -0.4 is 4.74 Å². The molecule has 1 fully saturated rings. The third-order valence-electron chi connectivity index (χ3n) is 7.14. The Hall–Kier alpha value is -1.49. The van der Waals surface area contributed by atoms with Crippen LogP contribution in [0.15, 0.2) is 24.4 Å². The first kappa shape index (κ1) is 21.2. The Morgan fingerprint density at radius 1 is 1.07 bits per heavy atom. The number of carbonyl (C=O) groups excluding carboxylic acids is 1. The molecule has 2 aromatic rings. The normalized spacial score (nSPS) is 22.0. The molecule has 1 saturated heterocycles. The second-order valence-electron chi connectivity index (χ2n) is 9.87. The number of morpholine rings is 1. The first-order valence-electron chi connectivity index (χ1n) is 9.92. The summed E-state index contributed by atoms with van der Waals surface area (Å²) in [6, 6.07) is 5.89. The topological polar surface area (TPSA) is 54.6 Å². The van der Waals surface area contributed by atoms with E-state index in [2.05, 4.69) is 67.8 Å². The minimum absolute atomic E-state index is 0.100. The Labute approximate surface area is 174 Å². The van der Waals surface area contributed by atoms with Crippen molar-refractivity contribution in [3.63, 3.8) is 0 Å². The van der Waals surface area contributed by atoms with Crippen LogP contribution in [0.4, 0.5) is 0 Å². The van der Waals surface area contributed by atoms with Crippen molar-refractivity contribution in [3.8, 4) is 5.75 Å². The molecule has 1 aliphatic heterocycles. The summed E-state index contributed by atoms with van der Waals surface area (Å²) in [5.41, 5.74) is 1.98. The van der Waals surface area contributed by atoms with E-state index in [-0.39, 0.29) is 5.91 Å². The fraction of sp³-hybridized carbons (Fsp3) is 0.400. The van der Waals surface area contributed by atoms with Crippen LogP contribution in [0.25, 0.3) is 10.9 Å². The van der Waals surface area contributed by atoms with Crippen LogP contribution in [-0.4, -0.2) is 107 Å². The molecule has 0 spiro atoms. The number of benzene rings is 1. The number of nitrogens with zero attached hydrogens (tertiary/aromatic N) is 1. The lowest BCUT2D eigenvalue weighted by atomic mass is 9.30. The highest BCUT2D eigenvalue weighted by molar-refractivity contribution is 6.59. The van der Waals surface area contributed by atoms with Gasteiger partial charge in [-0.1, -0.05) is 0 Å². The molecular formula is C15H26B8N2O3. The van der Waals surface area contributed by atoms with Crippen molar-refractivity contribution in [2.45, 2.75) is 27.9 Å². The van der Waals surface area contributed by atoms with Gasteiger partial charge in [-0.05, 0) is 34.4 Å². The Morgan fingerprint density at radius 2 is 1.64 bits per heavy atom. The van der Waals surface area contributed by atoms with E-state index in [1.54, 1.807) is 7.11 Å². The van der Waals surface area contributed by atoms with Crippen LogP contribution in [-0.2, 0) is 16.0 Å². The van der Waals surface area contributed by atoms with Crippen LogP contribution in [0, 0.1) is 0 Å². The number of hydrogen-bond acceptors (Lipinski definition) is 3. The minimum atomic E-state index is -0.481. The van der Waals surface area contributed by atoms with Gasteiger partial charge in [0.05, 0.1) is 13.5 Å². The number of nitrogens with one attached hydrogen (secondary N) is 1. The van der Waals surface area contributed by atoms with Gasteiger partial charge in [-0.25, -0.2) is 0 Å². The van der Waals surface area contributed by atoms with Gasteiger partial charge in [-0.15, -0.1) is 0 Å². The van der Waals surface area contributed by atoms with Crippen LogP contribution >= 0.6 is 0 Å². The second kappa shape index (κ2) is 6.51. The summed E-state index contributed by atoms with van der Waals surface area (Å²) in [4.78, 5) is 19.0. The van der Waals surface area contributed by atoms with Crippen LogP contribution in [0.3, 0.4) is 0 Å². The Bertz CT molecular complexity index is 901. The van der Waals surface area contributed by atoms with E-state index in [4.69, 9.17) is 9.47 Å². The average Bonchev–Trinajstić information content (AvgIpc) is 2.94. The lowest BCUT2D eigenvalue weighted by Gasteiger charge is -2.68. The summed E-state index contributed by atoms with van der Waals surface area (Å²) >= 11 is 0. The zero-order valence-corrected chi connectivity index (χ0v) is 18.7. The number of amides is 1. The molecule has 0 radical (unpaired) electrons. The van der Waals surface area contributed by atoms with Crippen LogP contribution in [0.2, 0.25) is 0 Å². The molecule has 3 rings (SSSR count). The fourth-order valence-corrected chi connectivity index (χ4v) is 4.42. The summed E-state index contributed by atoms with van der Waals surface area (Å²) in [6.45, 7) is 0. The number of rotatable bonds is 3. The molecule has 0 unspecified atom stereocenters. The maximum atomic E-state index is 13.7. The zero-order valence-electron chi connectivity index (χ0n) is 18.7. The fourth-order valence-electron chi connectivity index (χ4n) is 4.42. The molecule has 5 nitrogen and oxygen atoms in total. The molecule has 0 aliphatic carbocycles. The predicted molar refractivity (Wildman–Crippen MR) is 136 cm³/mol. The van der Waals surface area contributed by atoms with Crippen molar-refractivity contribution in [2.24, 2.45) is 0 Å². The number of H-pyrrole nitrogens is 1. The Balaban J connectivity index is 2.02. The van der Waals surface area contributed by atoms with Gasteiger partial charge in [0.25, 0.3) is 0 Å². The maximum absolute atomic E-state index is 13.7. The van der Waals surface area contributed by atoms with Crippen molar-refractivity contribution in [2.75, 3.05) is 7.11 Å². The molecule has 1 aromatic carbocycles. The molecule has 0 saturated carbocycles. The minimum Gasteiger partial charge on any atom is -0.497 e. The molecule has 1 N–H and O–H groups in total. The Kier molecular flexibility index (Phi) is 4.94. The predicted octanol–water partition coefficient (Wildman–Crippen LogP) is -6.74. The molecule has 0 atom stereocenters. The van der Waals surface area contributed by atoms with Crippen molar-refractivity contribution >= 4 is 79.6 Å². The monoisotopic (exact) mass is 370 g/mol. The van der Waals surface area contributed by atoms with Crippen molar-refractivity contribution in [1.29, 1.82) is 0 Å². The molecule has 1 aliphatic rings. The second-order valence-corrected chi connectivity index (χ2v) is 9.87. The molecule has 28 heavy (non-hydrogen) atoms. The van der Waals surface area contributed by atoms with Crippen LogP contribution in [0.1, 0.15) is 5.56 Å². The number of methoxy groups -OCH3 is 1. The van der Waals surface area contributed by atoms with E-state index >= 15 is 0 Å². The smallest absolute Gasteiger partial charge is 0.225 e. The molecule has 1 aromatic heterocycles. The van der Waals surface area contributed by atoms with Gasteiger partial charge < -0.3 is 19.4 Å². The summed E-state index contributed by atoms with van der Waals surface area (Å²) in [5, 5.41) is -0.870. The number of ether oxygens (including phenoxy) is 2. The van der Waals surface area contributed by atoms with E-state index in [0.29, 0.717) is 6.42 Å². The largest absolute Gasteiger partial charge is 0.497 e. The van der Waals surface area contributed by atoms with Gasteiger partial charge in [-0.3, -0.25) is 4.79 Å². The van der Waals surface area contributed by atoms with E-state index < -0.39 is 21.5 Å². The number of fused-ring (bicyclic) bond motifs is 1. The molecule has 138 valence electrons. The van der Waals surface area contributed by atoms with Crippen molar-refractivity contribution < 1.29 is 14.3 Å². The van der Waals surface area contributed by atoms with Gasteiger partial charge in [0.15, 0.2) is 0 Å². The third kappa shape index (κ3) is 3.06. The van der Waals surface area contributed by atoms with E-state index in [1.165, 1.54) is 0 Å². The third-order valence-corrected chi connectivity index (χ3v) is 7.14. The highest BCUT2D eigenvalue weighted by Crippen LogP contribution is 2.40. The first-order valence-corrected chi connectivity index (χ1v) is 9.92. The highest BCUT2D eigenvalue weighted by atomic mass is 16.5. The van der Waals surface area contributed by atoms with Gasteiger partial charge in [0, 0.05) is 27.9 Å². The summed E-state index contributed by atoms with van der Waals surface area (Å²) in [6.07, 6.45) is 2.25. The number of carbonyl (C=O) groups is 1. The van der Waals surface area contributed by atoms with Crippen LogP contribution in [0.5, 0.6) is 5.75 Å². The van der Waals surface area contributed by atoms with E-state index in [0.717, 1.165) is 22.2 Å².